The van der Waals surface area contributed by atoms with Gasteiger partial charge in [-0.2, -0.15) is 0 Å². The molecule has 0 radical (unpaired) electrons. The Kier molecular flexibility index (Phi) is 2.74. The van der Waals surface area contributed by atoms with Gasteiger partial charge in [0.2, 0.25) is 0 Å². The third-order valence-corrected chi connectivity index (χ3v) is 4.73. The van der Waals surface area contributed by atoms with Crippen LogP contribution in [0.4, 0.5) is 4.39 Å². The molecule has 0 spiro atoms. The quantitative estimate of drug-likeness (QED) is 0.931. The van der Waals surface area contributed by atoms with Gasteiger partial charge in [-0.3, -0.25) is 0 Å². The van der Waals surface area contributed by atoms with Crippen LogP contribution in [0.25, 0.3) is 11.0 Å². The molecule has 0 amide bonds. The van der Waals surface area contributed by atoms with Gasteiger partial charge >= 0.3 is 0 Å². The summed E-state index contributed by atoms with van der Waals surface area (Å²) in [7, 11) is 0. The normalized spacial score (nSPS) is 16.9. The number of fused-ring (bicyclic) bond motifs is 1. The molecule has 1 heterocycles. The average Bonchev–Trinajstić information content (AvgIpc) is 3.08. The molecule has 1 saturated carbocycles. The van der Waals surface area contributed by atoms with E-state index in [0.717, 1.165) is 29.7 Å². The number of nitrogens with zero attached hydrogens (tertiary/aromatic N) is 2. The lowest BCUT2D eigenvalue weighted by Gasteiger charge is -2.38. The Labute approximate surface area is 119 Å². The number of rotatable bonds is 3. The maximum Gasteiger partial charge on any atom is 0.125 e. The van der Waals surface area contributed by atoms with Crippen LogP contribution in [0.3, 0.4) is 0 Å². The van der Waals surface area contributed by atoms with E-state index in [-0.39, 0.29) is 11.2 Å². The van der Waals surface area contributed by atoms with E-state index in [4.69, 9.17) is 10.7 Å². The summed E-state index contributed by atoms with van der Waals surface area (Å²) in [6.07, 6.45) is 2.27. The first-order valence-corrected chi connectivity index (χ1v) is 7.18. The SMILES string of the molecule is CC(C)(N)C(C)(C)c1nc2ccc(F)cc2n1C1CC1. The van der Waals surface area contributed by atoms with Crippen molar-refractivity contribution >= 4 is 11.0 Å². The van der Waals surface area contributed by atoms with Crippen molar-refractivity contribution in [3.63, 3.8) is 0 Å². The molecule has 1 aliphatic rings. The van der Waals surface area contributed by atoms with Crippen molar-refractivity contribution in [3.05, 3.63) is 29.8 Å². The first kappa shape index (κ1) is 13.6. The van der Waals surface area contributed by atoms with Crippen LogP contribution in [-0.4, -0.2) is 15.1 Å². The first-order chi connectivity index (χ1) is 9.22. The zero-order valence-electron chi connectivity index (χ0n) is 12.6. The Balaban J connectivity index is 2.28. The molecule has 0 unspecified atom stereocenters. The van der Waals surface area contributed by atoms with Gasteiger partial charge in [-0.15, -0.1) is 0 Å². The van der Waals surface area contributed by atoms with Crippen molar-refractivity contribution in [3.8, 4) is 0 Å². The zero-order chi connectivity index (χ0) is 14.7. The summed E-state index contributed by atoms with van der Waals surface area (Å²) in [5, 5.41) is 0. The number of nitrogens with two attached hydrogens (primary N) is 1. The predicted octanol–water partition coefficient (Wildman–Crippen LogP) is 3.53. The number of imidazole rings is 1. The zero-order valence-corrected chi connectivity index (χ0v) is 12.6. The Morgan fingerprint density at radius 3 is 2.45 bits per heavy atom. The third kappa shape index (κ3) is 1.94. The summed E-state index contributed by atoms with van der Waals surface area (Å²) in [5.74, 6) is 0.753. The highest BCUT2D eigenvalue weighted by Gasteiger charge is 2.42. The standard InChI is InChI=1S/C16H22FN3/c1-15(2,16(3,4)18)14-19-12-8-5-10(17)9-13(12)20(14)11-6-7-11/h5,8-9,11H,6-7,18H2,1-4H3. The van der Waals surface area contributed by atoms with E-state index < -0.39 is 5.54 Å². The third-order valence-electron chi connectivity index (χ3n) is 4.73. The molecule has 1 aromatic heterocycles. The van der Waals surface area contributed by atoms with E-state index in [1.54, 1.807) is 12.1 Å². The van der Waals surface area contributed by atoms with E-state index in [1.807, 2.05) is 13.8 Å². The molecule has 108 valence electrons. The van der Waals surface area contributed by atoms with Gasteiger partial charge in [-0.1, -0.05) is 13.8 Å². The van der Waals surface area contributed by atoms with Gasteiger partial charge in [0.15, 0.2) is 0 Å². The Morgan fingerprint density at radius 2 is 1.90 bits per heavy atom. The Morgan fingerprint density at radius 1 is 1.25 bits per heavy atom. The number of hydrogen-bond acceptors (Lipinski definition) is 2. The fourth-order valence-electron chi connectivity index (χ4n) is 2.50. The molecule has 1 fully saturated rings. The molecule has 0 saturated heterocycles. The van der Waals surface area contributed by atoms with E-state index in [1.165, 1.54) is 6.07 Å². The second kappa shape index (κ2) is 4.04. The minimum atomic E-state index is -0.403. The summed E-state index contributed by atoms with van der Waals surface area (Å²) < 4.78 is 15.8. The smallest absolute Gasteiger partial charge is 0.125 e. The highest BCUT2D eigenvalue weighted by atomic mass is 19.1. The van der Waals surface area contributed by atoms with E-state index in [0.29, 0.717) is 6.04 Å². The van der Waals surface area contributed by atoms with Gasteiger partial charge in [-0.05, 0) is 44.9 Å². The van der Waals surface area contributed by atoms with Crippen LogP contribution in [0.5, 0.6) is 0 Å². The van der Waals surface area contributed by atoms with Crippen molar-refractivity contribution in [1.29, 1.82) is 0 Å². The van der Waals surface area contributed by atoms with Crippen molar-refractivity contribution in [2.24, 2.45) is 5.73 Å². The van der Waals surface area contributed by atoms with Gasteiger partial charge in [0.05, 0.1) is 11.0 Å². The summed E-state index contributed by atoms with van der Waals surface area (Å²) in [4.78, 5) is 4.77. The fourth-order valence-corrected chi connectivity index (χ4v) is 2.50. The molecule has 1 aromatic carbocycles. The molecule has 1 aliphatic carbocycles. The van der Waals surface area contributed by atoms with Gasteiger partial charge in [0.25, 0.3) is 0 Å². The molecule has 20 heavy (non-hydrogen) atoms. The maximum atomic E-state index is 13.6. The molecule has 0 atom stereocenters. The molecule has 2 N–H and O–H groups in total. The number of benzene rings is 1. The van der Waals surface area contributed by atoms with Crippen LogP contribution in [0.2, 0.25) is 0 Å². The molecular formula is C16H22FN3. The molecule has 0 aliphatic heterocycles. The highest BCUT2D eigenvalue weighted by Crippen LogP contribution is 2.43. The number of halogens is 1. The predicted molar refractivity (Wildman–Crippen MR) is 79.3 cm³/mol. The number of aromatic nitrogens is 2. The first-order valence-electron chi connectivity index (χ1n) is 7.18. The van der Waals surface area contributed by atoms with Crippen LogP contribution < -0.4 is 5.73 Å². The van der Waals surface area contributed by atoms with Crippen molar-refractivity contribution in [1.82, 2.24) is 9.55 Å². The van der Waals surface area contributed by atoms with Crippen LogP contribution in [0.1, 0.15) is 52.4 Å². The van der Waals surface area contributed by atoms with Crippen LogP contribution in [-0.2, 0) is 5.41 Å². The summed E-state index contributed by atoms with van der Waals surface area (Å²) in [6.45, 7) is 8.27. The van der Waals surface area contributed by atoms with E-state index in [9.17, 15) is 4.39 Å². The van der Waals surface area contributed by atoms with Crippen molar-refractivity contribution < 1.29 is 4.39 Å². The Bertz CT molecular complexity index is 660. The average molecular weight is 275 g/mol. The van der Waals surface area contributed by atoms with Crippen LogP contribution >= 0.6 is 0 Å². The maximum absolute atomic E-state index is 13.6. The molecule has 2 aromatic rings. The topological polar surface area (TPSA) is 43.8 Å². The van der Waals surface area contributed by atoms with Gasteiger partial charge < -0.3 is 10.3 Å². The highest BCUT2D eigenvalue weighted by molar-refractivity contribution is 5.76. The Hall–Kier alpha value is -1.42. The second-order valence-electron chi connectivity index (χ2n) is 7.02. The van der Waals surface area contributed by atoms with E-state index in [2.05, 4.69) is 18.4 Å². The summed E-state index contributed by atoms with van der Waals surface area (Å²) in [6, 6.07) is 5.26. The lowest BCUT2D eigenvalue weighted by atomic mass is 9.74. The lowest BCUT2D eigenvalue weighted by Crippen LogP contribution is -2.51. The van der Waals surface area contributed by atoms with Crippen LogP contribution in [0.15, 0.2) is 18.2 Å². The molecule has 0 bridgehead atoms. The molecule has 3 rings (SSSR count). The van der Waals surface area contributed by atoms with Gasteiger partial charge in [-0.25, -0.2) is 9.37 Å². The van der Waals surface area contributed by atoms with Gasteiger partial charge in [0.1, 0.15) is 11.6 Å². The minimum Gasteiger partial charge on any atom is -0.325 e. The molecular weight excluding hydrogens is 253 g/mol. The van der Waals surface area contributed by atoms with Crippen LogP contribution in [0, 0.1) is 5.82 Å². The largest absolute Gasteiger partial charge is 0.325 e. The van der Waals surface area contributed by atoms with Crippen molar-refractivity contribution in [2.45, 2.75) is 57.5 Å². The fraction of sp³-hybridized carbons (Fsp3) is 0.562. The second-order valence-corrected chi connectivity index (χ2v) is 7.02. The summed E-state index contributed by atoms with van der Waals surface area (Å²) >= 11 is 0. The summed E-state index contributed by atoms with van der Waals surface area (Å²) in [5.41, 5.74) is 7.41. The minimum absolute atomic E-state index is 0.212. The monoisotopic (exact) mass is 275 g/mol. The lowest BCUT2D eigenvalue weighted by molar-refractivity contribution is 0.283. The molecule has 3 nitrogen and oxygen atoms in total. The van der Waals surface area contributed by atoms with Crippen molar-refractivity contribution in [2.75, 3.05) is 0 Å². The molecule has 4 heteroatoms. The van der Waals surface area contributed by atoms with E-state index >= 15 is 0 Å². The number of hydrogen-bond donors (Lipinski definition) is 1. The van der Waals surface area contributed by atoms with Gasteiger partial charge in [0, 0.05) is 17.0 Å².